The molecule has 0 bridgehead atoms. The number of nitro benzene ring substituents is 1. The number of phenolic OH excluding ortho intramolecular Hbond substituents is 1. The number of nitrogens with zero attached hydrogens (tertiary/aromatic N) is 1. The molecule has 0 radical (unpaired) electrons. The van der Waals surface area contributed by atoms with E-state index < -0.39 is 4.92 Å². The molecule has 86 valence electrons. The summed E-state index contributed by atoms with van der Waals surface area (Å²) in [6.45, 7) is 1.60. The number of aromatic hydroxyl groups is 1. The van der Waals surface area contributed by atoms with Crippen molar-refractivity contribution >= 4 is 5.69 Å². The number of phenols is 1. The van der Waals surface area contributed by atoms with E-state index in [1.165, 1.54) is 0 Å². The van der Waals surface area contributed by atoms with Crippen LogP contribution in [0.4, 0.5) is 5.69 Å². The van der Waals surface area contributed by atoms with Gasteiger partial charge in [-0.3, -0.25) is 10.1 Å². The van der Waals surface area contributed by atoms with Gasteiger partial charge in [0.2, 0.25) is 0 Å². The van der Waals surface area contributed by atoms with Gasteiger partial charge in [0.25, 0.3) is 0 Å². The first-order valence-corrected chi connectivity index (χ1v) is 5.24. The maximum Gasteiger partial charge on any atom is 0.313 e. The Labute approximate surface area is 93.0 Å². The Bertz CT molecular complexity index is 441. The third-order valence-electron chi connectivity index (χ3n) is 3.06. The second-order valence-electron chi connectivity index (χ2n) is 4.29. The third kappa shape index (κ3) is 1.74. The lowest BCUT2D eigenvalue weighted by Gasteiger charge is -2.13. The Balaban J connectivity index is 2.46. The molecule has 0 spiro atoms. The van der Waals surface area contributed by atoms with E-state index in [2.05, 4.69) is 0 Å². The van der Waals surface area contributed by atoms with E-state index in [1.54, 1.807) is 19.1 Å². The molecule has 1 saturated carbocycles. The quantitative estimate of drug-likeness (QED) is 0.604. The van der Waals surface area contributed by atoms with Gasteiger partial charge in [0.15, 0.2) is 5.75 Å². The smallest absolute Gasteiger partial charge is 0.313 e. The topological polar surface area (TPSA) is 89.4 Å². The molecule has 0 aliphatic heterocycles. The van der Waals surface area contributed by atoms with Crippen molar-refractivity contribution < 1.29 is 10.0 Å². The van der Waals surface area contributed by atoms with Crippen molar-refractivity contribution in [3.05, 3.63) is 33.4 Å². The van der Waals surface area contributed by atoms with Gasteiger partial charge in [-0.25, -0.2) is 0 Å². The van der Waals surface area contributed by atoms with Crippen LogP contribution in [-0.2, 0) is 0 Å². The van der Waals surface area contributed by atoms with Gasteiger partial charge in [-0.15, -0.1) is 0 Å². The Morgan fingerprint density at radius 2 is 2.19 bits per heavy atom. The molecule has 0 aromatic heterocycles. The van der Waals surface area contributed by atoms with E-state index in [-0.39, 0.29) is 17.5 Å². The number of hydrogen-bond donors (Lipinski definition) is 2. The van der Waals surface area contributed by atoms with Gasteiger partial charge in [-0.1, -0.05) is 12.1 Å². The first-order chi connectivity index (χ1) is 7.52. The predicted molar refractivity (Wildman–Crippen MR) is 59.2 cm³/mol. The standard InChI is InChI=1S/C11H14N2O3/c1-6-2-5-8(9(12)7-3-4-7)11(14)10(6)13(15)16/h2,5,7,9,14H,3-4,12H2,1H3/t9-/m0/s1. The van der Waals surface area contributed by atoms with Crippen molar-refractivity contribution in [1.29, 1.82) is 0 Å². The van der Waals surface area contributed by atoms with E-state index in [0.29, 0.717) is 17.0 Å². The molecule has 1 aromatic rings. The summed E-state index contributed by atoms with van der Waals surface area (Å²) >= 11 is 0. The van der Waals surface area contributed by atoms with Gasteiger partial charge in [0.1, 0.15) is 0 Å². The minimum Gasteiger partial charge on any atom is -0.502 e. The average Bonchev–Trinajstić information content (AvgIpc) is 2.99. The second kappa shape index (κ2) is 3.75. The van der Waals surface area contributed by atoms with Gasteiger partial charge in [0.05, 0.1) is 4.92 Å². The summed E-state index contributed by atoms with van der Waals surface area (Å²) in [5.41, 5.74) is 6.65. The first kappa shape index (κ1) is 10.9. The number of nitro groups is 1. The molecule has 0 amide bonds. The Morgan fingerprint density at radius 1 is 1.56 bits per heavy atom. The van der Waals surface area contributed by atoms with Crippen molar-refractivity contribution in [3.8, 4) is 5.75 Å². The van der Waals surface area contributed by atoms with Crippen LogP contribution in [0.2, 0.25) is 0 Å². The summed E-state index contributed by atoms with van der Waals surface area (Å²) in [7, 11) is 0. The van der Waals surface area contributed by atoms with E-state index >= 15 is 0 Å². The minimum absolute atomic E-state index is 0.228. The van der Waals surface area contributed by atoms with Gasteiger partial charge >= 0.3 is 5.69 Å². The molecule has 0 heterocycles. The first-order valence-electron chi connectivity index (χ1n) is 5.24. The summed E-state index contributed by atoms with van der Waals surface area (Å²) in [6.07, 6.45) is 2.06. The molecule has 5 nitrogen and oxygen atoms in total. The molecule has 0 saturated heterocycles. The monoisotopic (exact) mass is 222 g/mol. The Hall–Kier alpha value is -1.62. The number of nitrogens with two attached hydrogens (primary N) is 1. The number of hydrogen-bond acceptors (Lipinski definition) is 4. The van der Waals surface area contributed by atoms with Crippen LogP contribution < -0.4 is 5.73 Å². The lowest BCUT2D eigenvalue weighted by atomic mass is 9.99. The summed E-state index contributed by atoms with van der Waals surface area (Å²) in [4.78, 5) is 10.2. The van der Waals surface area contributed by atoms with Gasteiger partial charge in [-0.2, -0.15) is 0 Å². The molecule has 1 aliphatic rings. The number of rotatable bonds is 3. The highest BCUT2D eigenvalue weighted by Crippen LogP contribution is 2.44. The van der Waals surface area contributed by atoms with E-state index in [1.807, 2.05) is 0 Å². The molecular formula is C11H14N2O3. The second-order valence-corrected chi connectivity index (χ2v) is 4.29. The van der Waals surface area contributed by atoms with Gasteiger partial charge in [-0.05, 0) is 25.7 Å². The van der Waals surface area contributed by atoms with Crippen LogP contribution in [0.5, 0.6) is 5.75 Å². The van der Waals surface area contributed by atoms with Crippen molar-refractivity contribution in [3.63, 3.8) is 0 Å². The fraction of sp³-hybridized carbons (Fsp3) is 0.455. The third-order valence-corrected chi connectivity index (χ3v) is 3.06. The fourth-order valence-corrected chi connectivity index (χ4v) is 1.90. The zero-order valence-electron chi connectivity index (χ0n) is 9.01. The molecule has 5 heteroatoms. The normalized spacial score (nSPS) is 17.1. The molecule has 16 heavy (non-hydrogen) atoms. The van der Waals surface area contributed by atoms with Crippen molar-refractivity contribution in [2.75, 3.05) is 0 Å². The van der Waals surface area contributed by atoms with Crippen LogP contribution >= 0.6 is 0 Å². The zero-order valence-corrected chi connectivity index (χ0v) is 9.01. The van der Waals surface area contributed by atoms with Crippen molar-refractivity contribution in [2.24, 2.45) is 11.7 Å². The fourth-order valence-electron chi connectivity index (χ4n) is 1.90. The molecular weight excluding hydrogens is 208 g/mol. The van der Waals surface area contributed by atoms with Crippen LogP contribution in [0, 0.1) is 23.0 Å². The number of benzene rings is 1. The molecule has 2 rings (SSSR count). The highest BCUT2D eigenvalue weighted by Gasteiger charge is 2.33. The van der Waals surface area contributed by atoms with Crippen LogP contribution in [0.15, 0.2) is 12.1 Å². The maximum absolute atomic E-state index is 10.8. The molecule has 3 N–H and O–H groups in total. The lowest BCUT2D eigenvalue weighted by molar-refractivity contribution is -0.386. The number of aryl methyl sites for hydroxylation is 1. The Kier molecular flexibility index (Phi) is 2.55. The van der Waals surface area contributed by atoms with Crippen LogP contribution in [-0.4, -0.2) is 10.0 Å². The van der Waals surface area contributed by atoms with Crippen molar-refractivity contribution in [1.82, 2.24) is 0 Å². The van der Waals surface area contributed by atoms with Gasteiger partial charge in [0, 0.05) is 17.2 Å². The van der Waals surface area contributed by atoms with Crippen LogP contribution in [0.3, 0.4) is 0 Å². The highest BCUT2D eigenvalue weighted by atomic mass is 16.6. The maximum atomic E-state index is 10.8. The summed E-state index contributed by atoms with van der Waals surface area (Å²) in [5, 5.41) is 20.7. The predicted octanol–water partition coefficient (Wildman–Crippen LogP) is 2.02. The molecule has 0 unspecified atom stereocenters. The zero-order chi connectivity index (χ0) is 11.9. The lowest BCUT2D eigenvalue weighted by Crippen LogP contribution is -2.13. The average molecular weight is 222 g/mol. The summed E-state index contributed by atoms with van der Waals surface area (Å²) in [5.74, 6) is 0.0811. The summed E-state index contributed by atoms with van der Waals surface area (Å²) < 4.78 is 0. The Morgan fingerprint density at radius 3 is 2.69 bits per heavy atom. The van der Waals surface area contributed by atoms with Crippen LogP contribution in [0.25, 0.3) is 0 Å². The minimum atomic E-state index is -0.562. The molecule has 1 fully saturated rings. The van der Waals surface area contributed by atoms with E-state index in [0.717, 1.165) is 12.8 Å². The van der Waals surface area contributed by atoms with E-state index in [9.17, 15) is 15.2 Å². The molecule has 1 aromatic carbocycles. The largest absolute Gasteiger partial charge is 0.502 e. The summed E-state index contributed by atoms with van der Waals surface area (Å²) in [6, 6.07) is 3.02. The van der Waals surface area contributed by atoms with Crippen molar-refractivity contribution in [2.45, 2.75) is 25.8 Å². The SMILES string of the molecule is Cc1ccc([C@@H](N)C2CC2)c(O)c1[N+](=O)[O-]. The molecule has 1 atom stereocenters. The van der Waals surface area contributed by atoms with Gasteiger partial charge < -0.3 is 10.8 Å². The van der Waals surface area contributed by atoms with E-state index in [4.69, 9.17) is 5.73 Å². The highest BCUT2D eigenvalue weighted by molar-refractivity contribution is 5.57. The van der Waals surface area contributed by atoms with Crippen LogP contribution in [0.1, 0.15) is 30.0 Å². The molecule has 1 aliphatic carbocycles.